The molecule has 3 N–H and O–H groups in total. The lowest BCUT2D eigenvalue weighted by Crippen LogP contribution is -2.44. The molecule has 0 aromatic heterocycles. The maximum atomic E-state index is 10.2. The quantitative estimate of drug-likeness (QED) is 0.560. The van der Waals surface area contributed by atoms with Gasteiger partial charge in [-0.2, -0.15) is 0 Å². The van der Waals surface area contributed by atoms with Crippen molar-refractivity contribution in [3.8, 4) is 0 Å². The summed E-state index contributed by atoms with van der Waals surface area (Å²) in [5.74, 6) is 0. The van der Waals surface area contributed by atoms with E-state index >= 15 is 0 Å². The first kappa shape index (κ1) is 10.2. The fourth-order valence-corrected chi connectivity index (χ4v) is 2.84. The normalized spacial score (nSPS) is 38.2. The maximum Gasteiger partial charge on any atom is 0.0995 e. The van der Waals surface area contributed by atoms with Crippen LogP contribution in [0.2, 0.25) is 0 Å². The third-order valence-electron chi connectivity index (χ3n) is 3.66. The Morgan fingerprint density at radius 3 is 2.69 bits per heavy atom. The zero-order chi connectivity index (χ0) is 11.3. The van der Waals surface area contributed by atoms with Gasteiger partial charge in [-0.1, -0.05) is 24.3 Å². The van der Waals surface area contributed by atoms with Crippen LogP contribution in [0, 0.1) is 0 Å². The van der Waals surface area contributed by atoms with Crippen LogP contribution in [-0.2, 0) is 6.54 Å². The topological polar surface area (TPSA) is 63.9 Å². The highest BCUT2D eigenvalue weighted by atomic mass is 16.3. The van der Waals surface area contributed by atoms with E-state index in [2.05, 4.69) is 0 Å². The molecule has 4 atom stereocenters. The second-order valence-corrected chi connectivity index (χ2v) is 4.62. The van der Waals surface area contributed by atoms with Crippen LogP contribution in [0.3, 0.4) is 0 Å². The van der Waals surface area contributed by atoms with E-state index in [4.69, 9.17) is 0 Å². The molecule has 0 spiro atoms. The lowest BCUT2D eigenvalue weighted by Gasteiger charge is -2.36. The Morgan fingerprint density at radius 2 is 1.88 bits per heavy atom. The van der Waals surface area contributed by atoms with Crippen molar-refractivity contribution in [3.05, 3.63) is 35.4 Å². The van der Waals surface area contributed by atoms with Gasteiger partial charge in [-0.3, -0.25) is 4.90 Å². The number of benzene rings is 1. The molecule has 1 aromatic rings. The van der Waals surface area contributed by atoms with Gasteiger partial charge in [0.15, 0.2) is 0 Å². The molecule has 3 rings (SSSR count). The first-order chi connectivity index (χ1) is 7.68. The molecule has 2 heterocycles. The first-order valence-electron chi connectivity index (χ1n) is 5.54. The molecular formula is C12H15NO3. The molecule has 0 aliphatic carbocycles. The second-order valence-electron chi connectivity index (χ2n) is 4.62. The number of aliphatic hydroxyl groups is 3. The SMILES string of the molecule is O[C@H]1[C@H]2[C@H](O)c3ccccc3CN2C[C@H]1O. The maximum absolute atomic E-state index is 10.2. The predicted octanol–water partition coefficient (Wildman–Crippen LogP) is -0.360. The Kier molecular flexibility index (Phi) is 2.26. The van der Waals surface area contributed by atoms with Crippen LogP contribution in [0.25, 0.3) is 0 Å². The van der Waals surface area contributed by atoms with E-state index in [0.29, 0.717) is 13.1 Å². The molecular weight excluding hydrogens is 206 g/mol. The minimum absolute atomic E-state index is 0.370. The molecule has 2 aliphatic heterocycles. The van der Waals surface area contributed by atoms with E-state index in [0.717, 1.165) is 11.1 Å². The van der Waals surface area contributed by atoms with E-state index in [1.54, 1.807) is 0 Å². The summed E-state index contributed by atoms with van der Waals surface area (Å²) >= 11 is 0. The van der Waals surface area contributed by atoms with Crippen molar-refractivity contribution in [3.63, 3.8) is 0 Å². The fourth-order valence-electron chi connectivity index (χ4n) is 2.84. The number of hydrogen-bond acceptors (Lipinski definition) is 4. The summed E-state index contributed by atoms with van der Waals surface area (Å²) in [6.07, 6.45) is -2.32. The molecule has 2 aliphatic rings. The third-order valence-corrected chi connectivity index (χ3v) is 3.66. The van der Waals surface area contributed by atoms with E-state index in [1.807, 2.05) is 29.2 Å². The summed E-state index contributed by atoms with van der Waals surface area (Å²) < 4.78 is 0. The molecule has 0 radical (unpaired) electrons. The van der Waals surface area contributed by atoms with Crippen molar-refractivity contribution in [2.75, 3.05) is 6.54 Å². The highest BCUT2D eigenvalue weighted by molar-refractivity contribution is 5.33. The van der Waals surface area contributed by atoms with E-state index in [-0.39, 0.29) is 6.04 Å². The number of aliphatic hydroxyl groups excluding tert-OH is 3. The Hall–Kier alpha value is -0.940. The lowest BCUT2D eigenvalue weighted by atomic mass is 9.90. The van der Waals surface area contributed by atoms with Gasteiger partial charge in [0.2, 0.25) is 0 Å². The highest BCUT2D eigenvalue weighted by Crippen LogP contribution is 2.37. The average Bonchev–Trinajstić information content (AvgIpc) is 2.55. The Morgan fingerprint density at radius 1 is 1.12 bits per heavy atom. The largest absolute Gasteiger partial charge is 0.389 e. The van der Waals surface area contributed by atoms with Gasteiger partial charge in [-0.25, -0.2) is 0 Å². The van der Waals surface area contributed by atoms with Crippen molar-refractivity contribution in [2.45, 2.75) is 30.9 Å². The summed E-state index contributed by atoms with van der Waals surface area (Å²) in [6, 6.07) is 7.31. The number of nitrogens with zero attached hydrogens (tertiary/aromatic N) is 1. The van der Waals surface area contributed by atoms with Crippen molar-refractivity contribution in [1.29, 1.82) is 0 Å². The van der Waals surface area contributed by atoms with Crippen LogP contribution in [0.4, 0.5) is 0 Å². The molecule has 4 nitrogen and oxygen atoms in total. The standard InChI is InChI=1S/C12H15NO3/c14-9-6-13-5-7-3-1-2-4-8(7)11(15)10(13)12(9)16/h1-4,9-12,14-16H,5-6H2/t9-,10-,11-,12-/m1/s1. The molecule has 1 fully saturated rings. The number of rotatable bonds is 0. The second kappa shape index (κ2) is 3.53. The van der Waals surface area contributed by atoms with Crippen molar-refractivity contribution in [2.24, 2.45) is 0 Å². The summed E-state index contributed by atoms with van der Waals surface area (Å²) in [5.41, 5.74) is 1.95. The Balaban J connectivity index is 2.01. The Labute approximate surface area is 93.8 Å². The number of hydrogen-bond donors (Lipinski definition) is 3. The van der Waals surface area contributed by atoms with Crippen molar-refractivity contribution >= 4 is 0 Å². The van der Waals surface area contributed by atoms with Gasteiger partial charge in [-0.05, 0) is 11.1 Å². The van der Waals surface area contributed by atoms with Gasteiger partial charge in [0.05, 0.1) is 24.4 Å². The Bertz CT molecular complexity index is 409. The summed E-state index contributed by atoms with van der Waals surface area (Å²) in [6.45, 7) is 1.11. The predicted molar refractivity (Wildman–Crippen MR) is 57.6 cm³/mol. The molecule has 0 bridgehead atoms. The monoisotopic (exact) mass is 221 g/mol. The molecule has 4 heteroatoms. The molecule has 0 unspecified atom stereocenters. The zero-order valence-electron chi connectivity index (χ0n) is 8.82. The minimum atomic E-state index is -0.858. The van der Waals surface area contributed by atoms with Crippen LogP contribution in [0.15, 0.2) is 24.3 Å². The third kappa shape index (κ3) is 1.31. The first-order valence-corrected chi connectivity index (χ1v) is 5.54. The molecule has 1 saturated heterocycles. The van der Waals surface area contributed by atoms with Gasteiger partial charge in [-0.15, -0.1) is 0 Å². The van der Waals surface area contributed by atoms with Gasteiger partial charge >= 0.3 is 0 Å². The molecule has 16 heavy (non-hydrogen) atoms. The fraction of sp³-hybridized carbons (Fsp3) is 0.500. The smallest absolute Gasteiger partial charge is 0.0995 e. The minimum Gasteiger partial charge on any atom is -0.389 e. The van der Waals surface area contributed by atoms with Gasteiger partial charge in [0.25, 0.3) is 0 Å². The lowest BCUT2D eigenvalue weighted by molar-refractivity contribution is -0.0199. The molecule has 1 aromatic carbocycles. The average molecular weight is 221 g/mol. The van der Waals surface area contributed by atoms with E-state index < -0.39 is 18.3 Å². The van der Waals surface area contributed by atoms with Crippen LogP contribution in [-0.4, -0.2) is 45.0 Å². The number of fused-ring (bicyclic) bond motifs is 2. The van der Waals surface area contributed by atoms with E-state index in [1.165, 1.54) is 0 Å². The van der Waals surface area contributed by atoms with Crippen molar-refractivity contribution < 1.29 is 15.3 Å². The van der Waals surface area contributed by atoms with Gasteiger partial charge in [0, 0.05) is 13.1 Å². The summed E-state index contributed by atoms with van der Waals surface area (Å²) in [7, 11) is 0. The van der Waals surface area contributed by atoms with Crippen LogP contribution >= 0.6 is 0 Å². The summed E-state index contributed by atoms with van der Waals surface area (Å²) in [4.78, 5) is 1.95. The molecule has 0 amide bonds. The molecule has 86 valence electrons. The highest BCUT2D eigenvalue weighted by Gasteiger charge is 2.46. The molecule has 0 saturated carbocycles. The van der Waals surface area contributed by atoms with Gasteiger partial charge < -0.3 is 15.3 Å². The summed E-state index contributed by atoms with van der Waals surface area (Å²) in [5, 5.41) is 29.7. The van der Waals surface area contributed by atoms with Crippen LogP contribution in [0.1, 0.15) is 17.2 Å². The van der Waals surface area contributed by atoms with Crippen LogP contribution < -0.4 is 0 Å². The van der Waals surface area contributed by atoms with Crippen LogP contribution in [0.5, 0.6) is 0 Å². The zero-order valence-corrected chi connectivity index (χ0v) is 8.82. The van der Waals surface area contributed by atoms with E-state index in [9.17, 15) is 15.3 Å². The van der Waals surface area contributed by atoms with Crippen molar-refractivity contribution in [1.82, 2.24) is 4.90 Å². The van der Waals surface area contributed by atoms with Gasteiger partial charge in [0.1, 0.15) is 0 Å².